The van der Waals surface area contributed by atoms with Gasteiger partial charge in [0, 0.05) is 25.6 Å². The number of likely N-dealkylation sites (tertiary alicyclic amines) is 1. The number of alkyl carbamates (subject to hydrolysis) is 1. The molecule has 0 spiro atoms. The number of hydrogen-bond donors (Lipinski definition) is 2. The van der Waals surface area contributed by atoms with E-state index in [4.69, 9.17) is 9.47 Å². The van der Waals surface area contributed by atoms with Crippen LogP contribution in [0.4, 0.5) is 4.79 Å². The van der Waals surface area contributed by atoms with E-state index in [1.54, 1.807) is 4.90 Å². The van der Waals surface area contributed by atoms with E-state index in [2.05, 4.69) is 17.4 Å². The number of nitrogens with one attached hydrogen (secondary N) is 1. The number of methoxy groups -OCH3 is 1. The van der Waals surface area contributed by atoms with E-state index < -0.39 is 23.5 Å². The fourth-order valence-electron chi connectivity index (χ4n) is 6.22. The molecule has 2 aromatic carbocycles. The lowest BCUT2D eigenvalue weighted by molar-refractivity contribution is -0.150. The summed E-state index contributed by atoms with van der Waals surface area (Å²) >= 11 is 0. The highest BCUT2D eigenvalue weighted by molar-refractivity contribution is 5.88. The number of carboxylic acid groups (broad SMARTS) is 1. The summed E-state index contributed by atoms with van der Waals surface area (Å²) in [5.41, 5.74) is 3.61. The number of carbonyl (C=O) groups is 3. The van der Waals surface area contributed by atoms with Gasteiger partial charge in [0.1, 0.15) is 12.6 Å². The number of aliphatic carboxylic acids is 1. The molecule has 184 valence electrons. The number of benzene rings is 2. The molecule has 5 rings (SSSR count). The van der Waals surface area contributed by atoms with Gasteiger partial charge in [-0.3, -0.25) is 9.59 Å². The smallest absolute Gasteiger partial charge is 0.407 e. The van der Waals surface area contributed by atoms with Crippen molar-refractivity contribution in [2.75, 3.05) is 26.9 Å². The van der Waals surface area contributed by atoms with Crippen LogP contribution in [0.15, 0.2) is 48.5 Å². The third-order valence-corrected chi connectivity index (χ3v) is 7.89. The quantitative estimate of drug-likeness (QED) is 0.632. The molecule has 1 heterocycles. The molecular weight excluding hydrogens is 448 g/mol. The van der Waals surface area contributed by atoms with Crippen LogP contribution in [0.1, 0.15) is 42.7 Å². The van der Waals surface area contributed by atoms with Crippen LogP contribution in [0.25, 0.3) is 11.1 Å². The summed E-state index contributed by atoms with van der Waals surface area (Å²) < 4.78 is 10.8. The lowest BCUT2D eigenvalue weighted by Crippen LogP contribution is -2.53. The third kappa shape index (κ3) is 3.95. The average molecular weight is 479 g/mol. The maximum absolute atomic E-state index is 13.3. The summed E-state index contributed by atoms with van der Waals surface area (Å²) in [4.78, 5) is 39.7. The van der Waals surface area contributed by atoms with Gasteiger partial charge >= 0.3 is 12.1 Å². The molecular formula is C27H30N2O6. The molecule has 8 nitrogen and oxygen atoms in total. The van der Waals surface area contributed by atoms with Gasteiger partial charge in [-0.15, -0.1) is 0 Å². The Labute approximate surface area is 204 Å². The van der Waals surface area contributed by atoms with Crippen molar-refractivity contribution in [2.24, 2.45) is 5.41 Å². The molecule has 2 fully saturated rings. The minimum absolute atomic E-state index is 0.0215. The van der Waals surface area contributed by atoms with E-state index >= 15 is 0 Å². The van der Waals surface area contributed by atoms with Gasteiger partial charge in [-0.2, -0.15) is 0 Å². The zero-order valence-corrected chi connectivity index (χ0v) is 19.7. The Balaban J connectivity index is 1.26. The molecule has 2 aromatic rings. The van der Waals surface area contributed by atoms with Crippen molar-refractivity contribution >= 4 is 18.0 Å². The van der Waals surface area contributed by atoms with Crippen molar-refractivity contribution in [1.82, 2.24) is 10.2 Å². The summed E-state index contributed by atoms with van der Waals surface area (Å²) in [5.74, 6) is -1.25. The number of hydrogen-bond acceptors (Lipinski definition) is 5. The lowest BCUT2D eigenvalue weighted by atomic mass is 9.82. The Morgan fingerprint density at radius 2 is 1.74 bits per heavy atom. The Kier molecular flexibility index (Phi) is 6.23. The Bertz CT molecular complexity index is 1100. The van der Waals surface area contributed by atoms with Crippen LogP contribution < -0.4 is 5.32 Å². The van der Waals surface area contributed by atoms with Crippen LogP contribution in [-0.4, -0.2) is 66.9 Å². The molecule has 35 heavy (non-hydrogen) atoms. The second kappa shape index (κ2) is 9.34. The molecule has 2 aliphatic carbocycles. The van der Waals surface area contributed by atoms with Gasteiger partial charge in [0.05, 0.1) is 12.0 Å². The summed E-state index contributed by atoms with van der Waals surface area (Å²) in [6.07, 6.45) is 1.74. The van der Waals surface area contributed by atoms with E-state index in [1.807, 2.05) is 36.4 Å². The van der Waals surface area contributed by atoms with E-state index in [0.717, 1.165) is 28.7 Å². The van der Waals surface area contributed by atoms with Crippen molar-refractivity contribution in [3.05, 3.63) is 59.7 Å². The van der Waals surface area contributed by atoms with Gasteiger partial charge in [-0.05, 0) is 41.5 Å². The first-order valence-corrected chi connectivity index (χ1v) is 12.1. The highest BCUT2D eigenvalue weighted by atomic mass is 16.5. The molecule has 2 amide bonds. The molecule has 0 aromatic heterocycles. The van der Waals surface area contributed by atoms with Crippen molar-refractivity contribution in [2.45, 2.75) is 43.7 Å². The highest BCUT2D eigenvalue weighted by Gasteiger charge is 2.57. The highest BCUT2D eigenvalue weighted by Crippen LogP contribution is 2.49. The van der Waals surface area contributed by atoms with Gasteiger partial charge in [0.2, 0.25) is 5.91 Å². The van der Waals surface area contributed by atoms with Crippen LogP contribution >= 0.6 is 0 Å². The fourth-order valence-corrected chi connectivity index (χ4v) is 6.22. The summed E-state index contributed by atoms with van der Waals surface area (Å²) in [6, 6.07) is 14.9. The second-order valence-electron chi connectivity index (χ2n) is 9.63. The first-order chi connectivity index (χ1) is 17.0. The molecule has 0 bridgehead atoms. The first-order valence-electron chi connectivity index (χ1n) is 12.1. The van der Waals surface area contributed by atoms with Gasteiger partial charge in [0.25, 0.3) is 0 Å². The molecule has 1 saturated carbocycles. The summed E-state index contributed by atoms with van der Waals surface area (Å²) in [6.45, 7) is 0.483. The topological polar surface area (TPSA) is 105 Å². The fraction of sp³-hybridized carbons (Fsp3) is 0.444. The minimum atomic E-state index is -0.944. The number of rotatable bonds is 7. The number of amides is 2. The first kappa shape index (κ1) is 23.4. The van der Waals surface area contributed by atoms with Gasteiger partial charge < -0.3 is 24.8 Å². The van der Waals surface area contributed by atoms with Crippen LogP contribution in [0, 0.1) is 5.41 Å². The standard InChI is InChI=1S/C27H30N2O6/c1-34-16-22(24(30)29-14-13-27(25(31)32)12-6-11-23(27)29)28-26(33)35-15-21-19-9-4-2-7-17(19)18-8-3-5-10-20(18)21/h2-5,7-10,21-23H,6,11-16H2,1H3,(H,28,33)(H,31,32)/t22-,23?,27?/m0/s1. The van der Waals surface area contributed by atoms with E-state index in [9.17, 15) is 19.5 Å². The number of carboxylic acids is 1. The Morgan fingerprint density at radius 1 is 1.09 bits per heavy atom. The monoisotopic (exact) mass is 478 g/mol. The largest absolute Gasteiger partial charge is 0.481 e. The van der Waals surface area contributed by atoms with Crippen molar-refractivity contribution < 1.29 is 29.0 Å². The number of fused-ring (bicyclic) bond motifs is 4. The summed E-state index contributed by atoms with van der Waals surface area (Å²) in [5, 5.41) is 12.5. The van der Waals surface area contributed by atoms with Gasteiger partial charge in [0.15, 0.2) is 0 Å². The normalized spacial score (nSPS) is 23.3. The van der Waals surface area contributed by atoms with E-state index in [0.29, 0.717) is 25.8 Å². The average Bonchev–Trinajstić information content (AvgIpc) is 3.53. The van der Waals surface area contributed by atoms with E-state index in [1.165, 1.54) is 7.11 Å². The molecule has 0 radical (unpaired) electrons. The number of nitrogens with zero attached hydrogens (tertiary/aromatic N) is 1. The second-order valence-corrected chi connectivity index (χ2v) is 9.63. The molecule has 3 atom stereocenters. The van der Waals surface area contributed by atoms with Crippen LogP contribution in [0.5, 0.6) is 0 Å². The van der Waals surface area contributed by atoms with E-state index in [-0.39, 0.29) is 31.1 Å². The Morgan fingerprint density at radius 3 is 2.37 bits per heavy atom. The summed E-state index contributed by atoms with van der Waals surface area (Å²) in [7, 11) is 1.46. The minimum Gasteiger partial charge on any atom is -0.481 e. The SMILES string of the molecule is COC[C@H](NC(=O)OCC1c2ccccc2-c2ccccc21)C(=O)N1CCC2(C(=O)O)CCCC12. The maximum atomic E-state index is 13.3. The van der Waals surface area contributed by atoms with Crippen LogP contribution in [0.2, 0.25) is 0 Å². The van der Waals surface area contributed by atoms with Gasteiger partial charge in [-0.1, -0.05) is 55.0 Å². The Hall–Kier alpha value is -3.39. The molecule has 1 saturated heterocycles. The van der Waals surface area contributed by atoms with Crippen molar-refractivity contribution in [3.63, 3.8) is 0 Å². The predicted octanol–water partition coefficient (Wildman–Crippen LogP) is 3.40. The number of carbonyl (C=O) groups excluding carboxylic acids is 2. The zero-order chi connectivity index (χ0) is 24.6. The lowest BCUT2D eigenvalue weighted by Gasteiger charge is -2.31. The predicted molar refractivity (Wildman–Crippen MR) is 128 cm³/mol. The molecule has 2 unspecified atom stereocenters. The maximum Gasteiger partial charge on any atom is 0.407 e. The molecule has 2 N–H and O–H groups in total. The molecule has 8 heteroatoms. The molecule has 1 aliphatic heterocycles. The van der Waals surface area contributed by atoms with Crippen LogP contribution in [0.3, 0.4) is 0 Å². The van der Waals surface area contributed by atoms with Crippen molar-refractivity contribution in [1.29, 1.82) is 0 Å². The third-order valence-electron chi connectivity index (χ3n) is 7.89. The van der Waals surface area contributed by atoms with Gasteiger partial charge in [-0.25, -0.2) is 4.79 Å². The van der Waals surface area contributed by atoms with Crippen molar-refractivity contribution in [3.8, 4) is 11.1 Å². The van der Waals surface area contributed by atoms with Crippen LogP contribution in [-0.2, 0) is 19.1 Å². The number of ether oxygens (including phenoxy) is 2. The zero-order valence-electron chi connectivity index (χ0n) is 19.7. The molecule has 3 aliphatic rings.